The Morgan fingerprint density at radius 1 is 1.40 bits per heavy atom. The van der Waals surface area contributed by atoms with Gasteiger partial charge in [0.2, 0.25) is 0 Å². The number of ether oxygens (including phenoxy) is 1. The van der Waals surface area contributed by atoms with Gasteiger partial charge in [0.25, 0.3) is 0 Å². The molecule has 4 heteroatoms. The van der Waals surface area contributed by atoms with E-state index in [9.17, 15) is 0 Å². The monoisotopic (exact) mass is 315 g/mol. The summed E-state index contributed by atoms with van der Waals surface area (Å²) in [6.07, 6.45) is 6.01. The summed E-state index contributed by atoms with van der Waals surface area (Å²) < 4.78 is 5.70. The van der Waals surface area contributed by atoms with Gasteiger partial charge in [0.05, 0.1) is 6.10 Å². The molecule has 1 aromatic rings. The number of halogens is 2. The number of hydrogen-bond acceptors (Lipinski definition) is 2. The Kier molecular flexibility index (Phi) is 6.63. The van der Waals surface area contributed by atoms with E-state index in [0.29, 0.717) is 12.1 Å². The molecule has 0 bridgehead atoms. The molecule has 112 valence electrons. The van der Waals surface area contributed by atoms with Gasteiger partial charge in [-0.2, -0.15) is 0 Å². The van der Waals surface area contributed by atoms with Crippen molar-refractivity contribution < 1.29 is 4.74 Å². The summed E-state index contributed by atoms with van der Waals surface area (Å²) in [5.41, 5.74) is 1.12. The molecule has 0 amide bonds. The van der Waals surface area contributed by atoms with Crippen LogP contribution in [0.4, 0.5) is 0 Å². The lowest BCUT2D eigenvalue weighted by Gasteiger charge is -2.20. The summed E-state index contributed by atoms with van der Waals surface area (Å²) in [5, 5.41) is 5.09. The van der Waals surface area contributed by atoms with E-state index < -0.39 is 0 Å². The van der Waals surface area contributed by atoms with E-state index in [1.165, 1.54) is 12.8 Å². The molecule has 2 rings (SSSR count). The zero-order valence-electron chi connectivity index (χ0n) is 12.0. The first-order chi connectivity index (χ1) is 9.69. The van der Waals surface area contributed by atoms with E-state index in [2.05, 4.69) is 12.2 Å². The van der Waals surface area contributed by atoms with Gasteiger partial charge in [-0.25, -0.2) is 0 Å². The fourth-order valence-corrected chi connectivity index (χ4v) is 3.18. The molecule has 20 heavy (non-hydrogen) atoms. The minimum atomic E-state index is 0.431. The van der Waals surface area contributed by atoms with Crippen molar-refractivity contribution in [2.45, 2.75) is 51.2 Å². The number of benzene rings is 1. The Bertz CT molecular complexity index is 419. The van der Waals surface area contributed by atoms with Gasteiger partial charge < -0.3 is 10.1 Å². The van der Waals surface area contributed by atoms with Gasteiger partial charge >= 0.3 is 0 Å². The minimum absolute atomic E-state index is 0.431. The summed E-state index contributed by atoms with van der Waals surface area (Å²) in [4.78, 5) is 0. The molecule has 1 aliphatic rings. The molecule has 0 aromatic heterocycles. The van der Waals surface area contributed by atoms with Gasteiger partial charge in [0.1, 0.15) is 0 Å². The fraction of sp³-hybridized carbons (Fsp3) is 0.625. The van der Waals surface area contributed by atoms with Crippen LogP contribution in [0, 0.1) is 0 Å². The Morgan fingerprint density at radius 3 is 2.95 bits per heavy atom. The van der Waals surface area contributed by atoms with E-state index in [1.807, 2.05) is 18.2 Å². The second kappa shape index (κ2) is 8.23. The van der Waals surface area contributed by atoms with Gasteiger partial charge in [-0.15, -0.1) is 0 Å². The van der Waals surface area contributed by atoms with Crippen molar-refractivity contribution in [3.05, 3.63) is 33.8 Å². The number of rotatable bonds is 7. The van der Waals surface area contributed by atoms with Crippen LogP contribution in [0.15, 0.2) is 18.2 Å². The van der Waals surface area contributed by atoms with Crippen molar-refractivity contribution >= 4 is 23.2 Å². The third-order valence-electron chi connectivity index (χ3n) is 3.83. The van der Waals surface area contributed by atoms with E-state index in [0.717, 1.165) is 48.0 Å². The molecule has 0 aliphatic carbocycles. The van der Waals surface area contributed by atoms with E-state index >= 15 is 0 Å². The number of likely N-dealkylation sites (N-methyl/N-ethyl adjacent to an activating group) is 1. The van der Waals surface area contributed by atoms with Gasteiger partial charge in [-0.05, 0) is 62.4 Å². The lowest BCUT2D eigenvalue weighted by atomic mass is 9.99. The third-order valence-corrected chi connectivity index (χ3v) is 4.43. The molecule has 2 unspecified atom stereocenters. The van der Waals surface area contributed by atoms with Gasteiger partial charge in [-0.1, -0.05) is 30.1 Å². The first-order valence-electron chi connectivity index (χ1n) is 7.48. The second-order valence-corrected chi connectivity index (χ2v) is 6.25. The molecule has 0 saturated carbocycles. The summed E-state index contributed by atoms with van der Waals surface area (Å²) in [6, 6.07) is 6.12. The van der Waals surface area contributed by atoms with Crippen LogP contribution in [0.2, 0.25) is 10.0 Å². The highest BCUT2D eigenvalue weighted by molar-refractivity contribution is 6.33. The maximum absolute atomic E-state index is 6.26. The molecular weight excluding hydrogens is 293 g/mol. The molecule has 0 spiro atoms. The Balaban J connectivity index is 1.91. The quantitative estimate of drug-likeness (QED) is 0.801. The van der Waals surface area contributed by atoms with Crippen LogP contribution < -0.4 is 5.32 Å². The van der Waals surface area contributed by atoms with Crippen LogP contribution in [0.5, 0.6) is 0 Å². The fourth-order valence-electron chi connectivity index (χ4n) is 2.79. The smallest absolute Gasteiger partial charge is 0.0576 e. The van der Waals surface area contributed by atoms with Crippen LogP contribution in [0.25, 0.3) is 0 Å². The summed E-state index contributed by atoms with van der Waals surface area (Å²) in [6.45, 7) is 4.03. The van der Waals surface area contributed by atoms with Crippen LogP contribution in [-0.4, -0.2) is 25.3 Å². The molecule has 2 atom stereocenters. The lowest BCUT2D eigenvalue weighted by Crippen LogP contribution is -2.32. The summed E-state index contributed by atoms with van der Waals surface area (Å²) in [7, 11) is 0. The molecule has 1 fully saturated rings. The third kappa shape index (κ3) is 4.92. The zero-order chi connectivity index (χ0) is 14.4. The average Bonchev–Trinajstić information content (AvgIpc) is 2.93. The molecule has 1 N–H and O–H groups in total. The van der Waals surface area contributed by atoms with Crippen molar-refractivity contribution in [2.75, 3.05) is 13.2 Å². The van der Waals surface area contributed by atoms with Crippen molar-refractivity contribution in [1.29, 1.82) is 0 Å². The normalized spacial score (nSPS) is 20.2. The highest BCUT2D eigenvalue weighted by Crippen LogP contribution is 2.24. The zero-order valence-corrected chi connectivity index (χ0v) is 13.5. The SMILES string of the molecule is CCNC(CCC1CCCO1)Cc1cc(Cl)ccc1Cl. The Morgan fingerprint density at radius 2 is 2.25 bits per heavy atom. The highest BCUT2D eigenvalue weighted by Gasteiger charge is 2.18. The average molecular weight is 316 g/mol. The molecule has 1 aliphatic heterocycles. The van der Waals surface area contributed by atoms with Crippen molar-refractivity contribution in [1.82, 2.24) is 5.32 Å². The molecule has 2 nitrogen and oxygen atoms in total. The van der Waals surface area contributed by atoms with Crippen molar-refractivity contribution in [3.63, 3.8) is 0 Å². The minimum Gasteiger partial charge on any atom is -0.378 e. The standard InChI is InChI=1S/C16H23Cl2NO/c1-2-19-14(6-7-15-4-3-9-20-15)11-12-10-13(17)5-8-16(12)18/h5,8,10,14-15,19H,2-4,6-7,9,11H2,1H3. The topological polar surface area (TPSA) is 21.3 Å². The second-order valence-electron chi connectivity index (χ2n) is 5.41. The van der Waals surface area contributed by atoms with Gasteiger partial charge in [0, 0.05) is 22.7 Å². The molecule has 1 saturated heterocycles. The Hall–Kier alpha value is -0.280. The van der Waals surface area contributed by atoms with Crippen molar-refractivity contribution in [3.8, 4) is 0 Å². The molecular formula is C16H23Cl2NO. The predicted octanol–water partition coefficient (Wildman–Crippen LogP) is 4.47. The van der Waals surface area contributed by atoms with Gasteiger partial charge in [-0.3, -0.25) is 0 Å². The molecule has 0 radical (unpaired) electrons. The van der Waals surface area contributed by atoms with E-state index in [4.69, 9.17) is 27.9 Å². The predicted molar refractivity (Wildman–Crippen MR) is 85.8 cm³/mol. The van der Waals surface area contributed by atoms with Crippen LogP contribution in [0.3, 0.4) is 0 Å². The molecule has 1 heterocycles. The summed E-state index contributed by atoms with van der Waals surface area (Å²) in [5.74, 6) is 0. The largest absolute Gasteiger partial charge is 0.378 e. The van der Waals surface area contributed by atoms with Crippen molar-refractivity contribution in [2.24, 2.45) is 0 Å². The van der Waals surface area contributed by atoms with Crippen LogP contribution in [0.1, 0.15) is 38.2 Å². The van der Waals surface area contributed by atoms with E-state index in [-0.39, 0.29) is 0 Å². The number of hydrogen-bond donors (Lipinski definition) is 1. The van der Waals surface area contributed by atoms with Crippen LogP contribution >= 0.6 is 23.2 Å². The van der Waals surface area contributed by atoms with Gasteiger partial charge in [0.15, 0.2) is 0 Å². The lowest BCUT2D eigenvalue weighted by molar-refractivity contribution is 0.0996. The van der Waals surface area contributed by atoms with Crippen LogP contribution in [-0.2, 0) is 11.2 Å². The molecule has 1 aromatic carbocycles. The first kappa shape index (κ1) is 16.1. The van der Waals surface area contributed by atoms with E-state index in [1.54, 1.807) is 0 Å². The highest BCUT2D eigenvalue weighted by atomic mass is 35.5. The summed E-state index contributed by atoms with van der Waals surface area (Å²) >= 11 is 12.3. The first-order valence-corrected chi connectivity index (χ1v) is 8.23. The maximum atomic E-state index is 6.26. The number of nitrogens with one attached hydrogen (secondary N) is 1. The maximum Gasteiger partial charge on any atom is 0.0576 e. The Labute approximate surface area is 131 Å².